The van der Waals surface area contributed by atoms with Crippen molar-refractivity contribution in [2.45, 2.75) is 32.2 Å². The summed E-state index contributed by atoms with van der Waals surface area (Å²) in [4.78, 5) is 16.1. The van der Waals surface area contributed by atoms with E-state index in [-0.39, 0.29) is 35.1 Å². The average Bonchev–Trinajstić information content (AvgIpc) is 3.33. The number of benzene rings is 1. The highest BCUT2D eigenvalue weighted by atomic mass is 32.2. The van der Waals surface area contributed by atoms with Gasteiger partial charge in [-0.25, -0.2) is 18.2 Å². The van der Waals surface area contributed by atoms with Crippen molar-refractivity contribution in [2.75, 3.05) is 29.5 Å². The summed E-state index contributed by atoms with van der Waals surface area (Å²) < 4.78 is 31.5. The largest absolute Gasteiger partial charge is 0.465 e. The van der Waals surface area contributed by atoms with Gasteiger partial charge in [0.05, 0.1) is 11.8 Å². The number of amides is 1. The Kier molecular flexibility index (Phi) is 7.28. The van der Waals surface area contributed by atoms with E-state index in [1.807, 2.05) is 36.4 Å². The molecule has 0 aliphatic heterocycles. The van der Waals surface area contributed by atoms with Crippen molar-refractivity contribution in [2.24, 2.45) is 11.8 Å². The maximum Gasteiger partial charge on any atom is 0.405 e. The van der Waals surface area contributed by atoms with Crippen molar-refractivity contribution < 1.29 is 22.7 Å². The molecule has 3 atom stereocenters. The fraction of sp³-hybridized carbons (Fsp3) is 0.400. The van der Waals surface area contributed by atoms with Gasteiger partial charge in [0.2, 0.25) is 21.8 Å². The lowest BCUT2D eigenvalue weighted by atomic mass is 9.93. The minimum atomic E-state index is -3.75. The molecule has 1 aromatic carbocycles. The molecule has 200 valence electrons. The number of nitrogens with zero attached hydrogens (tertiary/aromatic N) is 5. The predicted molar refractivity (Wildman–Crippen MR) is 140 cm³/mol. The first-order chi connectivity index (χ1) is 17.9. The molecule has 38 heavy (non-hydrogen) atoms. The SMILES string of the molecule is C[C@@H]1C[C@H]1CNc1cc(-c2nnc([C@@](C)(Cc3ccccc3)NC(=O)O)o2)c(C#N)c(N(C)S(C)(=O)=O)n1. The second-order valence-corrected chi connectivity index (χ2v) is 11.8. The fourth-order valence-electron chi connectivity index (χ4n) is 4.17. The van der Waals surface area contributed by atoms with Crippen LogP contribution in [-0.2, 0) is 22.0 Å². The Hall–Kier alpha value is -4.18. The van der Waals surface area contributed by atoms with E-state index in [0.717, 1.165) is 22.5 Å². The molecule has 12 nitrogen and oxygen atoms in total. The van der Waals surface area contributed by atoms with Gasteiger partial charge in [0.25, 0.3) is 0 Å². The van der Waals surface area contributed by atoms with Gasteiger partial charge in [-0.3, -0.25) is 4.31 Å². The Morgan fingerprint density at radius 2 is 2.00 bits per heavy atom. The van der Waals surface area contributed by atoms with Crippen molar-refractivity contribution in [1.82, 2.24) is 20.5 Å². The van der Waals surface area contributed by atoms with E-state index >= 15 is 0 Å². The lowest BCUT2D eigenvalue weighted by molar-refractivity contribution is 0.172. The summed E-state index contributed by atoms with van der Waals surface area (Å²) in [6.45, 7) is 4.40. The van der Waals surface area contributed by atoms with Crippen LogP contribution in [0.4, 0.5) is 16.4 Å². The number of nitriles is 1. The second kappa shape index (κ2) is 10.3. The van der Waals surface area contributed by atoms with Gasteiger partial charge in [0.15, 0.2) is 5.82 Å². The third-order valence-electron chi connectivity index (χ3n) is 6.64. The molecule has 0 unspecified atom stereocenters. The molecule has 3 N–H and O–H groups in total. The van der Waals surface area contributed by atoms with Gasteiger partial charge in [-0.2, -0.15) is 5.26 Å². The van der Waals surface area contributed by atoms with Gasteiger partial charge in [-0.1, -0.05) is 37.3 Å². The van der Waals surface area contributed by atoms with E-state index in [1.165, 1.54) is 7.05 Å². The summed E-state index contributed by atoms with van der Waals surface area (Å²) in [6, 6.07) is 12.8. The van der Waals surface area contributed by atoms with Crippen LogP contribution in [0.5, 0.6) is 0 Å². The summed E-state index contributed by atoms with van der Waals surface area (Å²) in [5.41, 5.74) is -0.346. The minimum absolute atomic E-state index is 0.0150. The third-order valence-corrected chi connectivity index (χ3v) is 7.81. The summed E-state index contributed by atoms with van der Waals surface area (Å²) in [6.07, 6.45) is 1.04. The van der Waals surface area contributed by atoms with E-state index in [2.05, 4.69) is 32.7 Å². The van der Waals surface area contributed by atoms with Crippen LogP contribution in [0, 0.1) is 23.2 Å². The first-order valence-electron chi connectivity index (χ1n) is 11.9. The number of hydrogen-bond donors (Lipinski definition) is 3. The van der Waals surface area contributed by atoms with Gasteiger partial charge in [0.1, 0.15) is 23.0 Å². The van der Waals surface area contributed by atoms with Crippen LogP contribution in [0.25, 0.3) is 11.5 Å². The Labute approximate surface area is 220 Å². The van der Waals surface area contributed by atoms with Crippen molar-refractivity contribution in [3.05, 3.63) is 53.4 Å². The monoisotopic (exact) mass is 539 g/mol. The number of carboxylic acid groups (broad SMARTS) is 1. The van der Waals surface area contributed by atoms with Crippen LogP contribution >= 0.6 is 0 Å². The number of anilines is 2. The van der Waals surface area contributed by atoms with Crippen molar-refractivity contribution >= 4 is 27.8 Å². The summed E-state index contributed by atoms with van der Waals surface area (Å²) in [5.74, 6) is 1.23. The summed E-state index contributed by atoms with van der Waals surface area (Å²) >= 11 is 0. The smallest absolute Gasteiger partial charge is 0.405 e. The number of pyridine rings is 1. The van der Waals surface area contributed by atoms with Gasteiger partial charge in [0, 0.05) is 20.0 Å². The minimum Gasteiger partial charge on any atom is -0.465 e. The van der Waals surface area contributed by atoms with Crippen LogP contribution in [0.2, 0.25) is 0 Å². The highest BCUT2D eigenvalue weighted by Crippen LogP contribution is 2.38. The molecule has 0 spiro atoms. The molecule has 0 saturated heterocycles. The zero-order chi connectivity index (χ0) is 27.7. The average molecular weight is 540 g/mol. The zero-order valence-corrected chi connectivity index (χ0v) is 22.3. The molecular formula is C25H29N7O5S. The van der Waals surface area contributed by atoms with Crippen LogP contribution in [0.1, 0.15) is 37.3 Å². The van der Waals surface area contributed by atoms with Crippen molar-refractivity contribution in [3.8, 4) is 17.5 Å². The molecule has 2 aromatic heterocycles. The van der Waals surface area contributed by atoms with Crippen LogP contribution < -0.4 is 14.9 Å². The quantitative estimate of drug-likeness (QED) is 0.347. The standard InChI is InChI=1S/C25H29N7O5S/c1-15-10-17(15)14-27-20-11-18(19(13-26)21(28-20)32(3)38(4,35)36)22-30-31-23(37-22)25(2,29-24(33)34)12-16-8-6-5-7-9-16/h5-9,11,15,17,29H,10,12,14H2,1-4H3,(H,27,28)(H,33,34)/t15-,17+,25-/m1/s1. The van der Waals surface area contributed by atoms with E-state index < -0.39 is 21.7 Å². The summed E-state index contributed by atoms with van der Waals surface area (Å²) in [5, 5.41) is 33.4. The predicted octanol–water partition coefficient (Wildman–Crippen LogP) is 3.19. The number of hydrogen-bond acceptors (Lipinski definition) is 9. The molecule has 4 rings (SSSR count). The van der Waals surface area contributed by atoms with Gasteiger partial charge < -0.3 is 20.2 Å². The molecule has 13 heteroatoms. The topological polar surface area (TPSA) is 174 Å². The van der Waals surface area contributed by atoms with Gasteiger partial charge in [-0.05, 0) is 36.8 Å². The molecule has 1 fully saturated rings. The second-order valence-electron chi connectivity index (χ2n) is 9.79. The first-order valence-corrected chi connectivity index (χ1v) is 13.8. The lowest BCUT2D eigenvalue weighted by Crippen LogP contribution is -2.44. The molecular weight excluding hydrogens is 510 g/mol. The number of sulfonamides is 1. The van der Waals surface area contributed by atoms with Crippen molar-refractivity contribution in [3.63, 3.8) is 0 Å². The Bertz CT molecular complexity index is 1490. The maximum atomic E-state index is 12.3. The zero-order valence-electron chi connectivity index (χ0n) is 21.5. The van der Waals surface area contributed by atoms with E-state index in [4.69, 9.17) is 4.42 Å². The maximum absolute atomic E-state index is 12.3. The van der Waals surface area contributed by atoms with E-state index in [1.54, 1.807) is 13.0 Å². The van der Waals surface area contributed by atoms with Crippen LogP contribution in [-0.4, -0.2) is 54.6 Å². The Morgan fingerprint density at radius 3 is 2.58 bits per heavy atom. The normalized spacial score (nSPS) is 18.2. The van der Waals surface area contributed by atoms with Gasteiger partial charge >= 0.3 is 6.09 Å². The number of rotatable bonds is 10. The molecule has 0 bridgehead atoms. The number of aromatic nitrogens is 3. The van der Waals surface area contributed by atoms with Crippen LogP contribution in [0.3, 0.4) is 0 Å². The Balaban J connectivity index is 1.79. The van der Waals surface area contributed by atoms with Crippen molar-refractivity contribution in [1.29, 1.82) is 5.26 Å². The molecule has 1 aliphatic carbocycles. The van der Waals surface area contributed by atoms with E-state index in [0.29, 0.717) is 24.2 Å². The molecule has 0 radical (unpaired) electrons. The number of nitrogens with one attached hydrogen (secondary N) is 2. The lowest BCUT2D eigenvalue weighted by Gasteiger charge is -2.25. The Morgan fingerprint density at radius 1 is 1.32 bits per heavy atom. The summed E-state index contributed by atoms with van der Waals surface area (Å²) in [7, 11) is -2.44. The van der Waals surface area contributed by atoms with Crippen LogP contribution in [0.15, 0.2) is 40.8 Å². The molecule has 2 heterocycles. The fourth-order valence-corrected chi connectivity index (χ4v) is 4.62. The van der Waals surface area contributed by atoms with E-state index in [9.17, 15) is 23.6 Å². The first kappa shape index (κ1) is 26.9. The molecule has 3 aromatic rings. The van der Waals surface area contributed by atoms with Gasteiger partial charge in [-0.15, -0.1) is 10.2 Å². The highest BCUT2D eigenvalue weighted by Gasteiger charge is 2.36. The molecule has 1 amide bonds. The number of carbonyl (C=O) groups is 1. The molecule has 1 saturated carbocycles. The molecule has 1 aliphatic rings. The third kappa shape index (κ3) is 5.86. The highest BCUT2D eigenvalue weighted by molar-refractivity contribution is 7.92.